The summed E-state index contributed by atoms with van der Waals surface area (Å²) in [6.07, 6.45) is 3.12. The average molecular weight is 96.1 g/mol. The summed E-state index contributed by atoms with van der Waals surface area (Å²) < 4.78 is 0. The van der Waals surface area contributed by atoms with Crippen LogP contribution in [-0.2, 0) is 4.79 Å². The molecular formula is C4H4N2O. The van der Waals surface area contributed by atoms with Gasteiger partial charge in [-0.2, -0.15) is 10.2 Å². The second-order valence-corrected chi connectivity index (χ2v) is 1.21. The normalized spacial score (nSPS) is 18.0. The first-order valence-electron chi connectivity index (χ1n) is 1.97. The van der Waals surface area contributed by atoms with Crippen LogP contribution in [0.3, 0.4) is 0 Å². The van der Waals surface area contributed by atoms with E-state index in [9.17, 15) is 4.79 Å². The van der Waals surface area contributed by atoms with Crippen molar-refractivity contribution in [1.29, 1.82) is 0 Å². The number of Topliss-reactive ketones (excluding diaryl/α,β-unsaturated/α-hetero) is 1. The molecule has 1 heterocycles. The summed E-state index contributed by atoms with van der Waals surface area (Å²) in [7, 11) is 0. The van der Waals surface area contributed by atoms with Gasteiger partial charge in [-0.25, -0.2) is 0 Å². The molecule has 0 bridgehead atoms. The van der Waals surface area contributed by atoms with E-state index in [1.54, 1.807) is 0 Å². The maximum atomic E-state index is 10.2. The van der Waals surface area contributed by atoms with E-state index in [0.717, 1.165) is 0 Å². The molecule has 0 amide bonds. The van der Waals surface area contributed by atoms with E-state index >= 15 is 0 Å². The molecule has 0 aromatic heterocycles. The number of hydrogen-bond acceptors (Lipinski definition) is 3. The Labute approximate surface area is 40.8 Å². The highest BCUT2D eigenvalue weighted by Crippen LogP contribution is 1.83. The van der Waals surface area contributed by atoms with Crippen LogP contribution >= 0.6 is 0 Å². The lowest BCUT2D eigenvalue weighted by Gasteiger charge is -1.86. The standard InChI is InChI=1S/C4H4N2O/c7-4-1-2-5-6-3-4/h2-3H,1H2. The molecule has 0 fully saturated rings. The van der Waals surface area contributed by atoms with Crippen LogP contribution in [0.5, 0.6) is 0 Å². The van der Waals surface area contributed by atoms with Crippen molar-refractivity contribution < 1.29 is 4.79 Å². The van der Waals surface area contributed by atoms with Crippen molar-refractivity contribution in [3.63, 3.8) is 0 Å². The van der Waals surface area contributed by atoms with Crippen LogP contribution in [0.1, 0.15) is 6.42 Å². The van der Waals surface area contributed by atoms with Crippen molar-refractivity contribution in [1.82, 2.24) is 0 Å². The fourth-order valence-corrected chi connectivity index (χ4v) is 0.328. The molecule has 3 nitrogen and oxygen atoms in total. The molecule has 0 unspecified atom stereocenters. The van der Waals surface area contributed by atoms with E-state index in [2.05, 4.69) is 10.2 Å². The zero-order chi connectivity index (χ0) is 5.11. The Bertz CT molecular complexity index is 137. The largest absolute Gasteiger partial charge is 0.293 e. The van der Waals surface area contributed by atoms with Crippen molar-refractivity contribution in [3.8, 4) is 0 Å². The number of ketones is 1. The smallest absolute Gasteiger partial charge is 0.181 e. The maximum absolute atomic E-state index is 10.2. The van der Waals surface area contributed by atoms with Gasteiger partial charge in [-0.15, -0.1) is 0 Å². The van der Waals surface area contributed by atoms with Gasteiger partial charge in [-0.1, -0.05) is 0 Å². The quantitative estimate of drug-likeness (QED) is 0.419. The Morgan fingerprint density at radius 1 is 1.57 bits per heavy atom. The summed E-state index contributed by atoms with van der Waals surface area (Å²) in [6, 6.07) is 0. The minimum Gasteiger partial charge on any atom is -0.293 e. The highest BCUT2D eigenvalue weighted by atomic mass is 16.1. The fourth-order valence-electron chi connectivity index (χ4n) is 0.328. The molecule has 1 aliphatic heterocycles. The minimum absolute atomic E-state index is 0.0231. The SMILES string of the molecule is O=C1C=NN=CC1. The van der Waals surface area contributed by atoms with Crippen LogP contribution in [0, 0.1) is 0 Å². The molecule has 0 spiro atoms. The average Bonchev–Trinajstić information content (AvgIpc) is 1.69. The van der Waals surface area contributed by atoms with Gasteiger partial charge in [0, 0.05) is 12.6 Å². The van der Waals surface area contributed by atoms with Gasteiger partial charge in [0.1, 0.15) is 0 Å². The zero-order valence-electron chi connectivity index (χ0n) is 3.66. The highest BCUT2D eigenvalue weighted by molar-refractivity contribution is 6.31. The molecule has 0 saturated heterocycles. The van der Waals surface area contributed by atoms with Crippen molar-refractivity contribution in [2.45, 2.75) is 6.42 Å². The van der Waals surface area contributed by atoms with Crippen molar-refractivity contribution in [2.24, 2.45) is 10.2 Å². The van der Waals surface area contributed by atoms with Crippen LogP contribution in [-0.4, -0.2) is 18.2 Å². The van der Waals surface area contributed by atoms with E-state index in [4.69, 9.17) is 0 Å². The topological polar surface area (TPSA) is 41.8 Å². The zero-order valence-corrected chi connectivity index (χ0v) is 3.66. The van der Waals surface area contributed by atoms with Gasteiger partial charge >= 0.3 is 0 Å². The number of carbonyl (C=O) groups excluding carboxylic acids is 1. The van der Waals surface area contributed by atoms with E-state index in [1.807, 2.05) is 0 Å². The van der Waals surface area contributed by atoms with Gasteiger partial charge in [0.15, 0.2) is 5.78 Å². The van der Waals surface area contributed by atoms with Gasteiger partial charge < -0.3 is 0 Å². The Hall–Kier alpha value is -0.990. The second kappa shape index (κ2) is 1.64. The third-order valence-electron chi connectivity index (χ3n) is 0.643. The molecule has 7 heavy (non-hydrogen) atoms. The molecular weight excluding hydrogens is 92.1 g/mol. The molecule has 0 aromatic carbocycles. The summed E-state index contributed by atoms with van der Waals surface area (Å²) >= 11 is 0. The number of rotatable bonds is 0. The Morgan fingerprint density at radius 2 is 2.43 bits per heavy atom. The van der Waals surface area contributed by atoms with E-state index < -0.39 is 0 Å². The van der Waals surface area contributed by atoms with Crippen molar-refractivity contribution in [2.75, 3.05) is 0 Å². The van der Waals surface area contributed by atoms with Crippen LogP contribution in [0.4, 0.5) is 0 Å². The third kappa shape index (κ3) is 0.924. The number of carbonyl (C=O) groups is 1. The van der Waals surface area contributed by atoms with Crippen molar-refractivity contribution in [3.05, 3.63) is 0 Å². The first kappa shape index (κ1) is 4.18. The van der Waals surface area contributed by atoms with E-state index in [1.165, 1.54) is 12.4 Å². The molecule has 1 rings (SSSR count). The second-order valence-electron chi connectivity index (χ2n) is 1.21. The molecule has 0 aromatic rings. The molecule has 3 heteroatoms. The first-order valence-corrected chi connectivity index (χ1v) is 1.97. The molecule has 36 valence electrons. The van der Waals surface area contributed by atoms with Crippen LogP contribution in [0.15, 0.2) is 10.2 Å². The van der Waals surface area contributed by atoms with Gasteiger partial charge in [0.25, 0.3) is 0 Å². The monoisotopic (exact) mass is 96.0 g/mol. The molecule has 0 saturated carbocycles. The van der Waals surface area contributed by atoms with Gasteiger partial charge in [-0.3, -0.25) is 4.79 Å². The summed E-state index contributed by atoms with van der Waals surface area (Å²) in [4.78, 5) is 10.2. The Morgan fingerprint density at radius 3 is 2.71 bits per heavy atom. The molecule has 0 radical (unpaired) electrons. The summed E-state index contributed by atoms with van der Waals surface area (Å²) in [5.74, 6) is 0.0231. The first-order chi connectivity index (χ1) is 3.39. The lowest BCUT2D eigenvalue weighted by Crippen LogP contribution is -2.01. The summed E-state index contributed by atoms with van der Waals surface area (Å²) in [5.41, 5.74) is 0. The van der Waals surface area contributed by atoms with Crippen molar-refractivity contribution >= 4 is 18.2 Å². The van der Waals surface area contributed by atoms with Gasteiger partial charge in [-0.05, 0) is 0 Å². The van der Waals surface area contributed by atoms with Crippen LogP contribution in [0.25, 0.3) is 0 Å². The Balaban J connectivity index is 2.66. The predicted molar refractivity (Wildman–Crippen MR) is 26.6 cm³/mol. The molecule has 0 aliphatic carbocycles. The number of hydrogen-bond donors (Lipinski definition) is 0. The molecule has 0 N–H and O–H groups in total. The van der Waals surface area contributed by atoms with Crippen LogP contribution in [0.2, 0.25) is 0 Å². The highest BCUT2D eigenvalue weighted by Gasteiger charge is 1.95. The molecule has 1 aliphatic rings. The summed E-state index contributed by atoms with van der Waals surface area (Å²) in [6.45, 7) is 0. The third-order valence-corrected chi connectivity index (χ3v) is 0.643. The number of nitrogens with zero attached hydrogens (tertiary/aromatic N) is 2. The lowest BCUT2D eigenvalue weighted by molar-refractivity contribution is -0.111. The van der Waals surface area contributed by atoms with Gasteiger partial charge in [0.05, 0.1) is 6.21 Å². The fraction of sp³-hybridized carbons (Fsp3) is 0.250. The summed E-state index contributed by atoms with van der Waals surface area (Å²) in [5, 5.41) is 6.80. The van der Waals surface area contributed by atoms with E-state index in [-0.39, 0.29) is 5.78 Å². The molecule has 0 atom stereocenters. The Kier molecular flexibility index (Phi) is 0.978. The predicted octanol–water partition coefficient (Wildman–Crippen LogP) is 0.0158. The van der Waals surface area contributed by atoms with Gasteiger partial charge in [0.2, 0.25) is 0 Å². The lowest BCUT2D eigenvalue weighted by atomic mass is 10.3. The maximum Gasteiger partial charge on any atom is 0.181 e. The minimum atomic E-state index is 0.0231. The van der Waals surface area contributed by atoms with Crippen LogP contribution < -0.4 is 0 Å². The van der Waals surface area contributed by atoms with E-state index in [0.29, 0.717) is 6.42 Å².